The van der Waals surface area contributed by atoms with Gasteiger partial charge in [-0.05, 0) is 61.7 Å². The smallest absolute Gasteiger partial charge is 0.264 e. The minimum atomic E-state index is -4.23. The van der Waals surface area contributed by atoms with Gasteiger partial charge in [0.2, 0.25) is 11.8 Å². The van der Waals surface area contributed by atoms with Crippen molar-refractivity contribution in [2.24, 2.45) is 0 Å². The number of carbonyl (C=O) groups is 2. The van der Waals surface area contributed by atoms with Crippen LogP contribution in [0.3, 0.4) is 0 Å². The molecule has 0 saturated carbocycles. The van der Waals surface area contributed by atoms with E-state index in [4.69, 9.17) is 0 Å². The molecule has 3 rings (SSSR count). The third kappa shape index (κ3) is 7.89. The molecule has 1 N–H and O–H groups in total. The Balaban J connectivity index is 2.01. The van der Waals surface area contributed by atoms with Crippen LogP contribution in [0.25, 0.3) is 0 Å². The standard InChI is InChI=1S/C30H36FN3O4S/c1-4-6-19-32-30(36)28(5-2)33(21-24-12-10-11-23(3)20-24)29(35)22-34(26-13-8-7-9-14-26)39(37,38)27-17-15-25(31)16-18-27/h7-18,20,28H,4-6,19,21-22H2,1-3H3,(H,32,36)/t28-/m0/s1. The summed E-state index contributed by atoms with van der Waals surface area (Å²) in [4.78, 5) is 28.5. The fourth-order valence-electron chi connectivity index (χ4n) is 4.29. The molecule has 7 nitrogen and oxygen atoms in total. The van der Waals surface area contributed by atoms with Crippen LogP contribution in [0.2, 0.25) is 0 Å². The minimum absolute atomic E-state index is 0.138. The van der Waals surface area contributed by atoms with E-state index in [0.717, 1.165) is 40.4 Å². The van der Waals surface area contributed by atoms with E-state index in [-0.39, 0.29) is 23.0 Å². The van der Waals surface area contributed by atoms with Gasteiger partial charge in [-0.1, -0.05) is 68.3 Å². The maximum absolute atomic E-state index is 14.0. The van der Waals surface area contributed by atoms with Gasteiger partial charge in [-0.2, -0.15) is 0 Å². The van der Waals surface area contributed by atoms with Crippen LogP contribution in [0.4, 0.5) is 10.1 Å². The predicted molar refractivity (Wildman–Crippen MR) is 151 cm³/mol. The van der Waals surface area contributed by atoms with Crippen molar-refractivity contribution in [2.75, 3.05) is 17.4 Å². The Morgan fingerprint density at radius 1 is 0.949 bits per heavy atom. The summed E-state index contributed by atoms with van der Waals surface area (Å²) < 4.78 is 42.0. The minimum Gasteiger partial charge on any atom is -0.354 e. The number of hydrogen-bond donors (Lipinski definition) is 1. The largest absolute Gasteiger partial charge is 0.354 e. The van der Waals surface area contributed by atoms with E-state index in [9.17, 15) is 22.4 Å². The maximum Gasteiger partial charge on any atom is 0.264 e. The zero-order valence-electron chi connectivity index (χ0n) is 22.6. The zero-order valence-corrected chi connectivity index (χ0v) is 23.5. The van der Waals surface area contributed by atoms with E-state index in [1.807, 2.05) is 45.0 Å². The third-order valence-electron chi connectivity index (χ3n) is 6.38. The summed E-state index contributed by atoms with van der Waals surface area (Å²) in [5.74, 6) is -1.37. The van der Waals surface area contributed by atoms with Gasteiger partial charge in [0.15, 0.2) is 0 Å². The van der Waals surface area contributed by atoms with Crippen molar-refractivity contribution < 1.29 is 22.4 Å². The molecule has 1 atom stereocenters. The topological polar surface area (TPSA) is 86.8 Å². The van der Waals surface area contributed by atoms with Gasteiger partial charge >= 0.3 is 0 Å². The first-order valence-corrected chi connectivity index (χ1v) is 14.6. The molecular weight excluding hydrogens is 517 g/mol. The maximum atomic E-state index is 14.0. The fourth-order valence-corrected chi connectivity index (χ4v) is 5.70. The lowest BCUT2D eigenvalue weighted by atomic mass is 10.1. The predicted octanol–water partition coefficient (Wildman–Crippen LogP) is 5.05. The SMILES string of the molecule is CCCCNC(=O)[C@H](CC)N(Cc1cccc(C)c1)C(=O)CN(c1ccccc1)S(=O)(=O)c1ccc(F)cc1. The number of hydrogen-bond acceptors (Lipinski definition) is 4. The van der Waals surface area contributed by atoms with Gasteiger partial charge in [0, 0.05) is 13.1 Å². The number of nitrogens with one attached hydrogen (secondary N) is 1. The van der Waals surface area contributed by atoms with Gasteiger partial charge in [0.1, 0.15) is 18.4 Å². The van der Waals surface area contributed by atoms with Gasteiger partial charge in [0.25, 0.3) is 10.0 Å². The number of nitrogens with zero attached hydrogens (tertiary/aromatic N) is 2. The Labute approximate surface area is 230 Å². The average Bonchev–Trinajstić information content (AvgIpc) is 2.92. The first-order valence-electron chi connectivity index (χ1n) is 13.1. The molecule has 208 valence electrons. The first kappa shape index (κ1) is 29.8. The Morgan fingerprint density at radius 2 is 1.64 bits per heavy atom. The number of carbonyl (C=O) groups excluding carboxylic acids is 2. The van der Waals surface area contributed by atoms with E-state index in [0.29, 0.717) is 13.0 Å². The van der Waals surface area contributed by atoms with Gasteiger partial charge in [0.05, 0.1) is 10.6 Å². The molecule has 0 aliphatic heterocycles. The van der Waals surface area contributed by atoms with Gasteiger partial charge in [-0.15, -0.1) is 0 Å². The summed E-state index contributed by atoms with van der Waals surface area (Å²) in [6.07, 6.45) is 2.08. The summed E-state index contributed by atoms with van der Waals surface area (Å²) >= 11 is 0. The average molecular weight is 554 g/mol. The molecule has 3 aromatic carbocycles. The Hall–Kier alpha value is -3.72. The fraction of sp³-hybridized carbons (Fsp3) is 0.333. The lowest BCUT2D eigenvalue weighted by Gasteiger charge is -2.33. The van der Waals surface area contributed by atoms with Gasteiger partial charge in [-0.25, -0.2) is 12.8 Å². The van der Waals surface area contributed by atoms with E-state index >= 15 is 0 Å². The van der Waals surface area contributed by atoms with E-state index in [1.54, 1.807) is 30.3 Å². The number of sulfonamides is 1. The van der Waals surface area contributed by atoms with Crippen LogP contribution in [0.5, 0.6) is 0 Å². The van der Waals surface area contributed by atoms with E-state index < -0.39 is 34.3 Å². The van der Waals surface area contributed by atoms with E-state index in [1.165, 1.54) is 17.0 Å². The molecule has 0 radical (unpaired) electrons. The Morgan fingerprint density at radius 3 is 2.26 bits per heavy atom. The highest BCUT2D eigenvalue weighted by Crippen LogP contribution is 2.25. The third-order valence-corrected chi connectivity index (χ3v) is 8.16. The number of benzene rings is 3. The Bertz CT molecular complexity index is 1350. The second-order valence-electron chi connectivity index (χ2n) is 9.38. The van der Waals surface area contributed by atoms with Crippen LogP contribution >= 0.6 is 0 Å². The number of unbranched alkanes of at least 4 members (excludes halogenated alkanes) is 1. The normalized spacial score (nSPS) is 12.0. The van der Waals surface area contributed by atoms with Crippen molar-refractivity contribution in [3.8, 4) is 0 Å². The summed E-state index contributed by atoms with van der Waals surface area (Å²) in [6.45, 7) is 5.89. The number of para-hydroxylation sites is 1. The molecule has 0 bridgehead atoms. The van der Waals surface area contributed by atoms with E-state index in [2.05, 4.69) is 5.32 Å². The number of halogens is 1. The van der Waals surface area contributed by atoms with Crippen LogP contribution in [0.1, 0.15) is 44.2 Å². The van der Waals surface area contributed by atoms with Crippen LogP contribution in [-0.2, 0) is 26.2 Å². The molecule has 0 saturated heterocycles. The molecule has 0 heterocycles. The van der Waals surface area contributed by atoms with Crippen molar-refractivity contribution in [1.82, 2.24) is 10.2 Å². The summed E-state index contributed by atoms with van der Waals surface area (Å²) in [6, 6.07) is 19.6. The second-order valence-corrected chi connectivity index (χ2v) is 11.2. The number of rotatable bonds is 13. The lowest BCUT2D eigenvalue weighted by Crippen LogP contribution is -2.52. The van der Waals surface area contributed by atoms with Crippen molar-refractivity contribution in [2.45, 2.75) is 57.5 Å². The highest BCUT2D eigenvalue weighted by Gasteiger charge is 2.33. The van der Waals surface area contributed by atoms with Crippen LogP contribution in [0.15, 0.2) is 83.8 Å². The molecule has 0 aliphatic rings. The molecule has 3 aromatic rings. The van der Waals surface area contributed by atoms with Crippen LogP contribution in [0, 0.1) is 12.7 Å². The zero-order chi connectivity index (χ0) is 28.4. The molecule has 0 unspecified atom stereocenters. The molecule has 9 heteroatoms. The summed E-state index contributed by atoms with van der Waals surface area (Å²) in [7, 11) is -4.23. The molecule has 0 aliphatic carbocycles. The van der Waals surface area contributed by atoms with Crippen LogP contribution < -0.4 is 9.62 Å². The number of aryl methyl sites for hydroxylation is 1. The molecule has 39 heavy (non-hydrogen) atoms. The van der Waals surface area contributed by atoms with Crippen molar-refractivity contribution in [3.05, 3.63) is 95.8 Å². The second kappa shape index (κ2) is 13.9. The van der Waals surface area contributed by atoms with Crippen molar-refractivity contribution >= 4 is 27.5 Å². The lowest BCUT2D eigenvalue weighted by molar-refractivity contribution is -0.140. The Kier molecular flexibility index (Phi) is 10.6. The van der Waals surface area contributed by atoms with Gasteiger partial charge in [-0.3, -0.25) is 13.9 Å². The molecule has 0 fully saturated rings. The summed E-state index contributed by atoms with van der Waals surface area (Å²) in [5.41, 5.74) is 2.12. The first-order chi connectivity index (χ1) is 18.7. The molecular formula is C30H36FN3O4S. The number of amides is 2. The molecule has 0 spiro atoms. The highest BCUT2D eigenvalue weighted by molar-refractivity contribution is 7.92. The summed E-state index contributed by atoms with van der Waals surface area (Å²) in [5, 5.41) is 2.91. The van der Waals surface area contributed by atoms with Gasteiger partial charge < -0.3 is 10.2 Å². The number of anilines is 1. The van der Waals surface area contributed by atoms with Crippen molar-refractivity contribution in [1.29, 1.82) is 0 Å². The monoisotopic (exact) mass is 553 g/mol. The van der Waals surface area contributed by atoms with Crippen LogP contribution in [-0.4, -0.2) is 44.3 Å². The van der Waals surface area contributed by atoms with Crippen molar-refractivity contribution in [3.63, 3.8) is 0 Å². The highest BCUT2D eigenvalue weighted by atomic mass is 32.2. The molecule has 0 aromatic heterocycles. The quantitative estimate of drug-likeness (QED) is 0.300. The molecule has 2 amide bonds.